The van der Waals surface area contributed by atoms with E-state index in [9.17, 15) is 0 Å². The second-order valence-corrected chi connectivity index (χ2v) is 8.43. The molecule has 1 aliphatic rings. The summed E-state index contributed by atoms with van der Waals surface area (Å²) in [7, 11) is 0. The predicted octanol–water partition coefficient (Wildman–Crippen LogP) is 3.45. The number of hydrogen-bond acceptors (Lipinski definition) is 5. The van der Waals surface area contributed by atoms with E-state index in [0.717, 1.165) is 61.8 Å². The molecule has 0 saturated carbocycles. The fourth-order valence-electron chi connectivity index (χ4n) is 3.54. The Labute approximate surface area is 166 Å². The second kappa shape index (κ2) is 7.89. The molecular formula is C22H29N5O. The number of benzene rings is 1. The number of piperazine rings is 1. The maximum Gasteiger partial charge on any atom is 0.213 e. The Balaban J connectivity index is 1.30. The van der Waals surface area contributed by atoms with Crippen molar-refractivity contribution in [3.63, 3.8) is 0 Å². The molecule has 1 N–H and O–H groups in total. The lowest BCUT2D eigenvalue weighted by atomic mass is 10.2. The van der Waals surface area contributed by atoms with Crippen molar-refractivity contribution in [1.29, 1.82) is 0 Å². The number of hydrogen-bond donors (Lipinski definition) is 1. The van der Waals surface area contributed by atoms with Crippen molar-refractivity contribution in [2.45, 2.75) is 39.5 Å². The van der Waals surface area contributed by atoms with E-state index in [1.54, 1.807) is 0 Å². The van der Waals surface area contributed by atoms with Gasteiger partial charge in [-0.1, -0.05) is 18.2 Å². The fraction of sp³-hybridized carbons (Fsp3) is 0.455. The van der Waals surface area contributed by atoms with E-state index in [4.69, 9.17) is 9.72 Å². The number of pyridine rings is 1. The Kier molecular flexibility index (Phi) is 5.33. The average Bonchev–Trinajstić information content (AvgIpc) is 3.04. The summed E-state index contributed by atoms with van der Waals surface area (Å²) < 4.78 is 5.89. The molecule has 0 bridgehead atoms. The van der Waals surface area contributed by atoms with Crippen LogP contribution in [0.3, 0.4) is 0 Å². The zero-order chi connectivity index (χ0) is 19.6. The van der Waals surface area contributed by atoms with Crippen LogP contribution in [0.25, 0.3) is 11.0 Å². The maximum absolute atomic E-state index is 5.89. The first-order valence-electron chi connectivity index (χ1n) is 9.98. The number of fused-ring (bicyclic) bond motifs is 1. The number of H-pyrrole nitrogens is 1. The summed E-state index contributed by atoms with van der Waals surface area (Å²) in [5.41, 5.74) is 2.99. The third-order valence-electron chi connectivity index (χ3n) is 4.85. The largest absolute Gasteiger partial charge is 0.472 e. The van der Waals surface area contributed by atoms with Gasteiger partial charge in [-0.3, -0.25) is 9.80 Å². The van der Waals surface area contributed by atoms with E-state index < -0.39 is 0 Å². The van der Waals surface area contributed by atoms with Gasteiger partial charge in [0, 0.05) is 38.8 Å². The van der Waals surface area contributed by atoms with E-state index in [1.807, 2.05) is 45.0 Å². The van der Waals surface area contributed by atoms with Crippen molar-refractivity contribution >= 4 is 11.0 Å². The Bertz CT molecular complexity index is 889. The maximum atomic E-state index is 5.89. The standard InChI is InChI=1S/C22H29N5O/c1-22(2,3)28-21-10-6-7-17(23-21)15-26-11-13-27(14-12-26)16-20-24-18-8-4-5-9-19(18)25-20/h4-10H,11-16H2,1-3H3,(H,24,25). The van der Waals surface area contributed by atoms with Crippen LogP contribution in [0.5, 0.6) is 5.88 Å². The van der Waals surface area contributed by atoms with Gasteiger partial charge in [0.25, 0.3) is 0 Å². The smallest absolute Gasteiger partial charge is 0.213 e. The Morgan fingerprint density at radius 3 is 2.32 bits per heavy atom. The van der Waals surface area contributed by atoms with E-state index in [1.165, 1.54) is 0 Å². The quantitative estimate of drug-likeness (QED) is 0.736. The molecule has 1 aliphatic heterocycles. The molecule has 2 aromatic heterocycles. The van der Waals surface area contributed by atoms with Crippen LogP contribution in [0.2, 0.25) is 0 Å². The molecule has 0 atom stereocenters. The van der Waals surface area contributed by atoms with Gasteiger partial charge in [-0.05, 0) is 39.0 Å². The highest BCUT2D eigenvalue weighted by Gasteiger charge is 2.19. The lowest BCUT2D eigenvalue weighted by Gasteiger charge is -2.34. The Morgan fingerprint density at radius 2 is 1.61 bits per heavy atom. The number of nitrogens with zero attached hydrogens (tertiary/aromatic N) is 4. The first kappa shape index (κ1) is 18.9. The third kappa shape index (κ3) is 4.88. The molecule has 3 aromatic rings. The van der Waals surface area contributed by atoms with Crippen LogP contribution in [0.1, 0.15) is 32.3 Å². The number of imidazole rings is 1. The molecule has 1 fully saturated rings. The topological polar surface area (TPSA) is 57.3 Å². The van der Waals surface area contributed by atoms with Gasteiger partial charge >= 0.3 is 0 Å². The zero-order valence-electron chi connectivity index (χ0n) is 17.0. The van der Waals surface area contributed by atoms with Crippen LogP contribution in [0.4, 0.5) is 0 Å². The number of ether oxygens (including phenoxy) is 1. The fourth-order valence-corrected chi connectivity index (χ4v) is 3.54. The lowest BCUT2D eigenvalue weighted by Crippen LogP contribution is -2.45. The molecule has 4 rings (SSSR count). The number of para-hydroxylation sites is 2. The van der Waals surface area contributed by atoms with E-state index in [2.05, 4.69) is 38.0 Å². The lowest BCUT2D eigenvalue weighted by molar-refractivity contribution is 0.114. The summed E-state index contributed by atoms with van der Waals surface area (Å²) in [5, 5.41) is 0. The molecule has 1 aromatic carbocycles. The van der Waals surface area contributed by atoms with Crippen LogP contribution in [-0.2, 0) is 13.1 Å². The average molecular weight is 380 g/mol. The van der Waals surface area contributed by atoms with Gasteiger partial charge in [0.05, 0.1) is 23.3 Å². The summed E-state index contributed by atoms with van der Waals surface area (Å²) in [6, 6.07) is 14.2. The molecular weight excluding hydrogens is 350 g/mol. The van der Waals surface area contributed by atoms with E-state index >= 15 is 0 Å². The highest BCUT2D eigenvalue weighted by Crippen LogP contribution is 2.17. The van der Waals surface area contributed by atoms with Gasteiger partial charge in [-0.25, -0.2) is 9.97 Å². The summed E-state index contributed by atoms with van der Waals surface area (Å²) in [6.45, 7) is 12.0. The highest BCUT2D eigenvalue weighted by molar-refractivity contribution is 5.74. The van der Waals surface area contributed by atoms with Gasteiger partial charge in [0.1, 0.15) is 11.4 Å². The molecule has 28 heavy (non-hydrogen) atoms. The molecule has 6 nitrogen and oxygen atoms in total. The summed E-state index contributed by atoms with van der Waals surface area (Å²) in [6.07, 6.45) is 0. The van der Waals surface area contributed by atoms with Crippen molar-refractivity contribution in [3.8, 4) is 5.88 Å². The van der Waals surface area contributed by atoms with Gasteiger partial charge in [0.15, 0.2) is 0 Å². The number of nitrogens with one attached hydrogen (secondary N) is 1. The van der Waals surface area contributed by atoms with Gasteiger partial charge in [-0.15, -0.1) is 0 Å². The SMILES string of the molecule is CC(C)(C)Oc1cccc(CN2CCN(Cc3nc4ccccc4[nH]3)CC2)n1. The van der Waals surface area contributed by atoms with Crippen LogP contribution < -0.4 is 4.74 Å². The van der Waals surface area contributed by atoms with Gasteiger partial charge in [0.2, 0.25) is 5.88 Å². The first-order valence-corrected chi connectivity index (χ1v) is 9.98. The van der Waals surface area contributed by atoms with Crippen LogP contribution in [0, 0.1) is 0 Å². The third-order valence-corrected chi connectivity index (χ3v) is 4.85. The van der Waals surface area contributed by atoms with Crippen molar-refractivity contribution < 1.29 is 4.74 Å². The minimum atomic E-state index is -0.228. The van der Waals surface area contributed by atoms with Crippen molar-refractivity contribution in [2.24, 2.45) is 0 Å². The molecule has 0 radical (unpaired) electrons. The number of aromatic amines is 1. The monoisotopic (exact) mass is 379 g/mol. The Morgan fingerprint density at radius 1 is 0.893 bits per heavy atom. The normalized spacial score (nSPS) is 16.5. The molecule has 148 valence electrons. The minimum absolute atomic E-state index is 0.228. The van der Waals surface area contributed by atoms with E-state index in [0.29, 0.717) is 5.88 Å². The molecule has 1 saturated heterocycles. The van der Waals surface area contributed by atoms with E-state index in [-0.39, 0.29) is 5.60 Å². The zero-order valence-corrected chi connectivity index (χ0v) is 17.0. The molecule has 3 heterocycles. The van der Waals surface area contributed by atoms with Gasteiger partial charge < -0.3 is 9.72 Å². The molecule has 6 heteroatoms. The van der Waals surface area contributed by atoms with Crippen molar-refractivity contribution in [3.05, 3.63) is 54.0 Å². The van der Waals surface area contributed by atoms with Crippen LogP contribution >= 0.6 is 0 Å². The molecule has 0 spiro atoms. The molecule has 0 unspecified atom stereocenters. The summed E-state index contributed by atoms with van der Waals surface area (Å²) in [5.74, 6) is 1.75. The van der Waals surface area contributed by atoms with Gasteiger partial charge in [-0.2, -0.15) is 0 Å². The summed E-state index contributed by atoms with van der Waals surface area (Å²) >= 11 is 0. The number of aromatic nitrogens is 3. The second-order valence-electron chi connectivity index (χ2n) is 8.43. The molecule has 0 amide bonds. The van der Waals surface area contributed by atoms with Crippen LogP contribution in [0.15, 0.2) is 42.5 Å². The van der Waals surface area contributed by atoms with Crippen molar-refractivity contribution in [2.75, 3.05) is 26.2 Å². The minimum Gasteiger partial charge on any atom is -0.472 e. The number of rotatable bonds is 5. The molecule has 0 aliphatic carbocycles. The summed E-state index contributed by atoms with van der Waals surface area (Å²) in [4.78, 5) is 17.7. The highest BCUT2D eigenvalue weighted by atomic mass is 16.5. The Hall–Kier alpha value is -2.44. The predicted molar refractivity (Wildman–Crippen MR) is 111 cm³/mol. The van der Waals surface area contributed by atoms with Crippen LogP contribution in [-0.4, -0.2) is 56.5 Å². The van der Waals surface area contributed by atoms with Crippen molar-refractivity contribution in [1.82, 2.24) is 24.8 Å². The first-order chi connectivity index (χ1) is 13.4.